The van der Waals surface area contributed by atoms with E-state index in [1.54, 1.807) is 4.90 Å². The summed E-state index contributed by atoms with van der Waals surface area (Å²) in [5.74, 6) is -4.07. The Kier molecular flexibility index (Phi) is 17.6. The number of aliphatic carboxylic acids is 1. The number of likely N-dealkylation sites (tertiary alicyclic amines) is 1. The summed E-state index contributed by atoms with van der Waals surface area (Å²) in [7, 11) is 1.29. The lowest BCUT2D eigenvalue weighted by Gasteiger charge is -2.39. The van der Waals surface area contributed by atoms with Gasteiger partial charge in [0.05, 0.1) is 62.9 Å². The highest BCUT2D eigenvalue weighted by Gasteiger charge is 2.61. The molecule has 0 aliphatic carbocycles. The molecule has 294 valence electrons. The lowest BCUT2D eigenvalue weighted by atomic mass is 9.81. The Bertz CT molecular complexity index is 1250. The van der Waals surface area contributed by atoms with Crippen molar-refractivity contribution >= 4 is 41.6 Å². The fourth-order valence-corrected chi connectivity index (χ4v) is 6.27. The number of aliphatic hydroxyl groups is 1. The first-order valence-corrected chi connectivity index (χ1v) is 18.0. The van der Waals surface area contributed by atoms with Crippen molar-refractivity contribution in [2.75, 3.05) is 53.0 Å². The first-order valence-electron chi connectivity index (χ1n) is 19.2. The number of hydroxylamine groups is 2. The molecule has 5 heterocycles. The van der Waals surface area contributed by atoms with Crippen molar-refractivity contribution in [3.05, 3.63) is 12.2 Å². The minimum absolute atomic E-state index is 0.0265. The van der Waals surface area contributed by atoms with Crippen LogP contribution in [0.2, 0.25) is 0 Å². The number of carboxylic acid groups (broad SMARTS) is 1. The van der Waals surface area contributed by atoms with Crippen molar-refractivity contribution in [3.63, 3.8) is 0 Å². The third-order valence-corrected chi connectivity index (χ3v) is 9.49. The number of aliphatic hydroxyl groups excluding tert-OH is 1. The van der Waals surface area contributed by atoms with Crippen LogP contribution in [0.15, 0.2) is 12.2 Å². The van der Waals surface area contributed by atoms with Crippen molar-refractivity contribution in [2.45, 2.75) is 104 Å². The molecule has 0 aromatic rings. The lowest BCUT2D eigenvalue weighted by molar-refractivity contribution is -0.192. The van der Waals surface area contributed by atoms with E-state index >= 15 is 0 Å². The van der Waals surface area contributed by atoms with Crippen LogP contribution in [-0.4, -0.2) is 133 Å². The van der Waals surface area contributed by atoms with Crippen LogP contribution in [0.5, 0.6) is 0 Å². The molecule has 2 bridgehead atoms. The van der Waals surface area contributed by atoms with E-state index < -0.39 is 41.1 Å². The Balaban J connectivity index is 0.000000489. The Labute approximate surface area is 308 Å². The number of ether oxygens (including phenoxy) is 3. The normalized spacial score (nSPS) is 24.1. The molecule has 4 unspecified atom stereocenters. The molecule has 0 radical (unpaired) electrons. The predicted octanol–water partition coefficient (Wildman–Crippen LogP) is 2.26. The number of nitrogens with zero attached hydrogens (tertiary/aromatic N) is 3. The van der Waals surface area contributed by atoms with E-state index in [1.807, 2.05) is 12.2 Å². The zero-order chi connectivity index (χ0) is 40.3. The van der Waals surface area contributed by atoms with Gasteiger partial charge in [-0.25, -0.2) is 0 Å². The predicted molar refractivity (Wildman–Crippen MR) is 185 cm³/mol. The smallest absolute Gasteiger partial charge is 0.314 e. The van der Waals surface area contributed by atoms with Crippen LogP contribution in [0, 0.1) is 17.3 Å². The maximum absolute atomic E-state index is 12.6. The maximum atomic E-state index is 12.6. The van der Waals surface area contributed by atoms with E-state index in [4.69, 9.17) is 22.2 Å². The van der Waals surface area contributed by atoms with Gasteiger partial charge in [0.1, 0.15) is 0 Å². The number of unbranched alkanes of at least 4 members (excludes halogenated alkanes) is 2. The number of carbonyl (C=O) groups excluding carboxylic acids is 6. The van der Waals surface area contributed by atoms with Crippen LogP contribution >= 0.6 is 0 Å². The molecule has 16 nitrogen and oxygen atoms in total. The molecule has 0 spiro atoms. The van der Waals surface area contributed by atoms with Gasteiger partial charge in [-0.1, -0.05) is 46.2 Å². The van der Waals surface area contributed by atoms with E-state index in [-0.39, 0.29) is 75.7 Å². The number of hydrogen-bond acceptors (Lipinski definition) is 13. The Morgan fingerprint density at radius 2 is 1.48 bits per heavy atom. The summed E-state index contributed by atoms with van der Waals surface area (Å²) >= 11 is 0. The number of amides is 3. The molecule has 4 atom stereocenters. The minimum atomic E-state index is -1.06. The Morgan fingerprint density at radius 3 is 1.92 bits per heavy atom. The largest absolute Gasteiger partial charge is 0.481 e. The summed E-state index contributed by atoms with van der Waals surface area (Å²) in [6.45, 7) is 11.4. The summed E-state index contributed by atoms with van der Waals surface area (Å²) in [4.78, 5) is 89.6. The van der Waals surface area contributed by atoms with Crippen LogP contribution in [0.25, 0.3) is 0 Å². The molecule has 52 heavy (non-hydrogen) atoms. The second-order valence-corrected chi connectivity index (χ2v) is 13.0. The van der Waals surface area contributed by atoms with E-state index in [0.717, 1.165) is 5.06 Å². The second kappa shape index (κ2) is 22.4. The standard InChI is InChI=1S/C25H34N2O9.C6H15N.C4H4O3.CH4O/c1-25(15-34-20(31)9-8-19(29)30)10-12-26(13-11-25)18(28)5-3-2-4-14-35-27-23(32)21-16-6-7-17(36-16)22(21)24(27)33;1-4-7(5-2)6-3;5-3-1-2-4(6)7-3;1-2/h6-7,16-17,21-22H,2-5,8-15H2,1H3,(H,29,30);4-6H2,1-3H3;1-2H2;2H,1H3/i1T;;;2T. The average Bonchev–Trinajstić information content (AvgIpc) is 3.94. The summed E-state index contributed by atoms with van der Waals surface area (Å²) in [6.07, 6.45) is 6.44. The first-order chi connectivity index (χ1) is 25.8. The number of carboxylic acids is 1. The van der Waals surface area contributed by atoms with Crippen LogP contribution in [0.4, 0.5) is 0 Å². The number of carbonyl (C=O) groups is 7. The van der Waals surface area contributed by atoms with E-state index in [0.29, 0.717) is 51.6 Å². The van der Waals surface area contributed by atoms with Gasteiger partial charge in [-0.3, -0.25) is 38.4 Å². The van der Waals surface area contributed by atoms with Gasteiger partial charge in [0.25, 0.3) is 11.8 Å². The molecule has 0 saturated carbocycles. The van der Waals surface area contributed by atoms with Crippen LogP contribution in [0.1, 0.15) is 93.2 Å². The lowest BCUT2D eigenvalue weighted by Crippen LogP contribution is -2.44. The molecule has 4 saturated heterocycles. The molecule has 0 aromatic heterocycles. The van der Waals surface area contributed by atoms with Gasteiger partial charge in [0.15, 0.2) is 0 Å². The molecule has 4 fully saturated rings. The minimum Gasteiger partial charge on any atom is -0.481 e. The molecule has 5 aliphatic heterocycles. The number of cyclic esters (lactones) is 2. The molecular formula is C36H57N3O13. The average molecular weight is 744 g/mol. The third kappa shape index (κ3) is 13.4. The van der Waals surface area contributed by atoms with Gasteiger partial charge < -0.3 is 34.2 Å². The molecule has 0 aromatic carbocycles. The number of imide groups is 1. The van der Waals surface area contributed by atoms with Gasteiger partial charge in [0.2, 0.25) is 7.34 Å². The molecule has 2 N–H and O–H groups in total. The fourth-order valence-electron chi connectivity index (χ4n) is 6.27. The van der Waals surface area contributed by atoms with Crippen molar-refractivity contribution in [1.29, 1.82) is 1.43 Å². The number of piperidine rings is 1. The van der Waals surface area contributed by atoms with Gasteiger partial charge in [0, 0.05) is 33.4 Å². The van der Waals surface area contributed by atoms with E-state index in [1.165, 1.54) is 26.7 Å². The number of rotatable bonds is 15. The quantitative estimate of drug-likeness (QED) is 0.0812. The molecular weight excluding hydrogens is 682 g/mol. The van der Waals surface area contributed by atoms with Gasteiger partial charge in [-0.05, 0) is 45.3 Å². The van der Waals surface area contributed by atoms with Crippen LogP contribution in [0.3, 0.4) is 0 Å². The monoisotopic (exact) mass is 743 g/mol. The number of esters is 3. The maximum Gasteiger partial charge on any atom is 0.314 e. The first kappa shape index (κ1) is 41.0. The van der Waals surface area contributed by atoms with Gasteiger partial charge in [-0.15, -0.1) is 0 Å². The SMILES string of the molecule is CCN(CC)CC.O=C1CCC(=O)O1.[3H]CC1(COC(=O)CCC(=O)O)CCN(C(=O)CCCCCON2C(=O)C3C4C=CC(O4)C3C2=O)CC1.[3H]OC. The number of fused-ring (bicyclic) bond motifs is 5. The molecule has 16 heteroatoms. The summed E-state index contributed by atoms with van der Waals surface area (Å²) in [5.41, 5.74) is -0.516. The van der Waals surface area contributed by atoms with Gasteiger partial charge >= 0.3 is 23.9 Å². The van der Waals surface area contributed by atoms with Crippen molar-refractivity contribution in [1.82, 2.24) is 14.9 Å². The number of hydrogen-bond donors (Lipinski definition) is 2. The highest BCUT2D eigenvalue weighted by atomic mass is 16.7. The third-order valence-electron chi connectivity index (χ3n) is 9.49. The summed E-state index contributed by atoms with van der Waals surface area (Å²) < 4.78 is 28.5. The summed E-state index contributed by atoms with van der Waals surface area (Å²) in [6, 6.07) is 0. The summed E-state index contributed by atoms with van der Waals surface area (Å²) in [5, 5.41) is 13.1. The van der Waals surface area contributed by atoms with Crippen molar-refractivity contribution in [3.8, 4) is 0 Å². The Hall–Kier alpha value is -3.73. The second-order valence-electron chi connectivity index (χ2n) is 13.0. The zero-order valence-electron chi connectivity index (χ0n) is 32.9. The molecule has 3 amide bonds. The van der Waals surface area contributed by atoms with Gasteiger partial charge in [-0.2, -0.15) is 5.06 Å². The highest BCUT2D eigenvalue weighted by Crippen LogP contribution is 2.45. The molecule has 5 aliphatic rings. The van der Waals surface area contributed by atoms with E-state index in [9.17, 15) is 33.6 Å². The highest BCUT2D eigenvalue weighted by molar-refractivity contribution is 6.05. The Morgan fingerprint density at radius 1 is 0.923 bits per heavy atom. The van der Waals surface area contributed by atoms with Crippen LogP contribution < -0.4 is 0 Å². The van der Waals surface area contributed by atoms with E-state index in [2.05, 4.69) is 35.5 Å². The van der Waals surface area contributed by atoms with Crippen molar-refractivity contribution in [2.24, 2.45) is 17.3 Å². The fraction of sp³-hybridized carbons (Fsp3) is 0.750. The topological polar surface area (TPSA) is 207 Å². The van der Waals surface area contributed by atoms with Crippen molar-refractivity contribution < 1.29 is 64.2 Å². The van der Waals surface area contributed by atoms with Crippen LogP contribution in [-0.2, 0) is 52.6 Å². The molecule has 5 rings (SSSR count). The zero-order valence-corrected chi connectivity index (χ0v) is 30.9.